The molecule has 130 valence electrons. The van der Waals surface area contributed by atoms with Crippen LogP contribution in [0.25, 0.3) is 0 Å². The van der Waals surface area contributed by atoms with Crippen molar-refractivity contribution in [2.24, 2.45) is 0 Å². The Morgan fingerprint density at radius 3 is 2.96 bits per heavy atom. The van der Waals surface area contributed by atoms with Crippen LogP contribution in [0, 0.1) is 11.3 Å². The second kappa shape index (κ2) is 8.41. The van der Waals surface area contributed by atoms with Gasteiger partial charge in [-0.05, 0) is 30.2 Å². The molecule has 0 aliphatic carbocycles. The van der Waals surface area contributed by atoms with Crippen molar-refractivity contribution in [3.8, 4) is 23.3 Å². The summed E-state index contributed by atoms with van der Waals surface area (Å²) in [5.74, 6) is 2.37. The molecule has 0 saturated carbocycles. The summed E-state index contributed by atoms with van der Waals surface area (Å²) in [6, 6.07) is 16.3. The topological polar surface area (TPSA) is 63.5 Å². The molecule has 0 radical (unpaired) electrons. The molecule has 3 rings (SSSR count). The van der Waals surface area contributed by atoms with E-state index in [-0.39, 0.29) is 6.04 Å². The zero-order valence-electron chi connectivity index (χ0n) is 14.3. The summed E-state index contributed by atoms with van der Waals surface area (Å²) in [4.78, 5) is 0. The van der Waals surface area contributed by atoms with Crippen molar-refractivity contribution in [1.82, 2.24) is 5.32 Å². The van der Waals surface area contributed by atoms with Crippen LogP contribution in [0.1, 0.15) is 30.0 Å². The lowest BCUT2D eigenvalue weighted by molar-refractivity contribution is 0.290. The van der Waals surface area contributed by atoms with E-state index < -0.39 is 0 Å². The Labute approximate surface area is 148 Å². The van der Waals surface area contributed by atoms with Crippen molar-refractivity contribution in [1.29, 1.82) is 5.26 Å². The zero-order chi connectivity index (χ0) is 17.5. The van der Waals surface area contributed by atoms with Crippen molar-refractivity contribution in [2.45, 2.75) is 25.4 Å². The van der Waals surface area contributed by atoms with E-state index in [1.165, 1.54) is 5.56 Å². The van der Waals surface area contributed by atoms with E-state index in [9.17, 15) is 0 Å². The minimum absolute atomic E-state index is 0.193. The lowest BCUT2D eigenvalue weighted by atomic mass is 10.1. The molecule has 0 amide bonds. The Morgan fingerprint density at radius 1 is 1.24 bits per heavy atom. The van der Waals surface area contributed by atoms with Crippen molar-refractivity contribution in [3.63, 3.8) is 0 Å². The molecule has 0 bridgehead atoms. The first-order chi connectivity index (χ1) is 12.3. The molecule has 1 aliphatic heterocycles. The van der Waals surface area contributed by atoms with Crippen molar-refractivity contribution in [3.05, 3.63) is 53.6 Å². The minimum Gasteiger partial charge on any atom is -0.493 e. The molecule has 2 aromatic rings. The Morgan fingerprint density at radius 2 is 2.12 bits per heavy atom. The molecule has 0 saturated heterocycles. The molecule has 5 heteroatoms. The SMILES string of the molecule is COc1ccc(CNC2COc3ccccc32)cc1OCCCC#N. The third-order valence-electron chi connectivity index (χ3n) is 4.17. The number of nitrogens with one attached hydrogen (secondary N) is 1. The first kappa shape index (κ1) is 17.1. The van der Waals surface area contributed by atoms with Gasteiger partial charge in [0.2, 0.25) is 0 Å². The van der Waals surface area contributed by atoms with Crippen LogP contribution in [0.5, 0.6) is 17.2 Å². The maximum Gasteiger partial charge on any atom is 0.161 e. The van der Waals surface area contributed by atoms with Crippen LogP contribution in [0.2, 0.25) is 0 Å². The predicted molar refractivity (Wildman–Crippen MR) is 94.9 cm³/mol. The highest BCUT2D eigenvalue weighted by molar-refractivity contribution is 5.43. The van der Waals surface area contributed by atoms with Gasteiger partial charge in [-0.25, -0.2) is 0 Å². The zero-order valence-corrected chi connectivity index (χ0v) is 14.3. The molecule has 0 spiro atoms. The molecular formula is C20H22N2O3. The van der Waals surface area contributed by atoms with Crippen LogP contribution in [0.4, 0.5) is 0 Å². The standard InChI is InChI=1S/C20H22N2O3/c1-23-19-9-8-15(12-20(19)24-11-5-4-10-21)13-22-17-14-25-18-7-3-2-6-16(17)18/h2-3,6-9,12,17,22H,4-5,11,13-14H2,1H3. The average molecular weight is 338 g/mol. The predicted octanol–water partition coefficient (Wildman–Crippen LogP) is 3.60. The highest BCUT2D eigenvalue weighted by Gasteiger charge is 2.22. The average Bonchev–Trinajstić information content (AvgIpc) is 3.07. The molecule has 0 aromatic heterocycles. The largest absolute Gasteiger partial charge is 0.493 e. The number of methoxy groups -OCH3 is 1. The summed E-state index contributed by atoms with van der Waals surface area (Å²) >= 11 is 0. The molecule has 1 atom stereocenters. The summed E-state index contributed by atoms with van der Waals surface area (Å²) in [5.41, 5.74) is 2.31. The maximum atomic E-state index is 8.60. The summed E-state index contributed by atoms with van der Waals surface area (Å²) in [6.45, 7) is 1.86. The van der Waals surface area contributed by atoms with E-state index in [1.54, 1.807) is 7.11 Å². The first-order valence-corrected chi connectivity index (χ1v) is 8.43. The third-order valence-corrected chi connectivity index (χ3v) is 4.17. The number of rotatable bonds is 8. The highest BCUT2D eigenvalue weighted by atomic mass is 16.5. The normalized spacial score (nSPS) is 15.1. The summed E-state index contributed by atoms with van der Waals surface area (Å²) < 4.78 is 16.8. The number of nitriles is 1. The first-order valence-electron chi connectivity index (χ1n) is 8.43. The van der Waals surface area contributed by atoms with Crippen molar-refractivity contribution >= 4 is 0 Å². The Hall–Kier alpha value is -2.71. The number of hydrogen-bond acceptors (Lipinski definition) is 5. The molecule has 1 unspecified atom stereocenters. The van der Waals surface area contributed by atoms with Gasteiger partial charge in [0.15, 0.2) is 11.5 Å². The van der Waals surface area contributed by atoms with Gasteiger partial charge in [-0.3, -0.25) is 0 Å². The fourth-order valence-electron chi connectivity index (χ4n) is 2.85. The Kier molecular flexibility index (Phi) is 5.76. The van der Waals surface area contributed by atoms with Crippen LogP contribution in [-0.4, -0.2) is 20.3 Å². The van der Waals surface area contributed by atoms with Gasteiger partial charge in [-0.1, -0.05) is 24.3 Å². The van der Waals surface area contributed by atoms with Gasteiger partial charge in [0.05, 0.1) is 25.8 Å². The number of hydrogen-bond donors (Lipinski definition) is 1. The van der Waals surface area contributed by atoms with E-state index in [1.807, 2.05) is 36.4 Å². The molecule has 1 N–H and O–H groups in total. The molecule has 1 heterocycles. The van der Waals surface area contributed by atoms with E-state index in [4.69, 9.17) is 19.5 Å². The highest BCUT2D eigenvalue weighted by Crippen LogP contribution is 2.32. The maximum absolute atomic E-state index is 8.60. The lowest BCUT2D eigenvalue weighted by Gasteiger charge is -2.14. The molecule has 2 aromatic carbocycles. The van der Waals surface area contributed by atoms with Crippen molar-refractivity contribution < 1.29 is 14.2 Å². The second-order valence-electron chi connectivity index (χ2n) is 5.88. The van der Waals surface area contributed by atoms with Crippen LogP contribution in [0.15, 0.2) is 42.5 Å². The number of para-hydroxylation sites is 1. The van der Waals surface area contributed by atoms with Gasteiger partial charge in [0, 0.05) is 18.5 Å². The Balaban J connectivity index is 1.62. The quantitative estimate of drug-likeness (QED) is 0.745. The number of benzene rings is 2. The van der Waals surface area contributed by atoms with Gasteiger partial charge in [-0.2, -0.15) is 5.26 Å². The second-order valence-corrected chi connectivity index (χ2v) is 5.88. The smallest absolute Gasteiger partial charge is 0.161 e. The lowest BCUT2D eigenvalue weighted by Crippen LogP contribution is -2.22. The van der Waals surface area contributed by atoms with E-state index in [0.29, 0.717) is 44.1 Å². The summed E-state index contributed by atoms with van der Waals surface area (Å²) in [5, 5.41) is 12.1. The van der Waals surface area contributed by atoms with Gasteiger partial charge < -0.3 is 19.5 Å². The van der Waals surface area contributed by atoms with Crippen LogP contribution in [0.3, 0.4) is 0 Å². The number of fused-ring (bicyclic) bond motifs is 1. The van der Waals surface area contributed by atoms with Crippen LogP contribution >= 0.6 is 0 Å². The number of unbranched alkanes of at least 4 members (excludes halogenated alkanes) is 1. The summed E-state index contributed by atoms with van der Waals surface area (Å²) in [6.07, 6.45) is 1.20. The minimum atomic E-state index is 0.193. The van der Waals surface area contributed by atoms with Gasteiger partial charge >= 0.3 is 0 Å². The van der Waals surface area contributed by atoms with Gasteiger partial charge in [-0.15, -0.1) is 0 Å². The van der Waals surface area contributed by atoms with Gasteiger partial charge in [0.25, 0.3) is 0 Å². The molecule has 0 fully saturated rings. The van der Waals surface area contributed by atoms with Crippen LogP contribution in [-0.2, 0) is 6.54 Å². The molecule has 25 heavy (non-hydrogen) atoms. The number of nitrogens with zero attached hydrogens (tertiary/aromatic N) is 1. The van der Waals surface area contributed by atoms with E-state index >= 15 is 0 Å². The fourth-order valence-corrected chi connectivity index (χ4v) is 2.85. The number of ether oxygens (including phenoxy) is 3. The van der Waals surface area contributed by atoms with Crippen LogP contribution < -0.4 is 19.5 Å². The van der Waals surface area contributed by atoms with E-state index in [2.05, 4.69) is 17.5 Å². The molecular weight excluding hydrogens is 316 g/mol. The Bertz CT molecular complexity index is 755. The summed E-state index contributed by atoms with van der Waals surface area (Å²) in [7, 11) is 1.63. The van der Waals surface area contributed by atoms with Gasteiger partial charge in [0.1, 0.15) is 12.4 Å². The monoisotopic (exact) mass is 338 g/mol. The molecule has 5 nitrogen and oxygen atoms in total. The van der Waals surface area contributed by atoms with Crippen molar-refractivity contribution in [2.75, 3.05) is 20.3 Å². The third kappa shape index (κ3) is 4.23. The fraction of sp³-hybridized carbons (Fsp3) is 0.350. The van der Waals surface area contributed by atoms with E-state index in [0.717, 1.165) is 11.3 Å². The molecule has 1 aliphatic rings.